The number of hydrogen-bond donors (Lipinski definition) is 1. The molecule has 2 heteroatoms. The molecule has 0 aromatic heterocycles. The molecule has 0 radical (unpaired) electrons. The Balaban J connectivity index is 2.02. The predicted octanol–water partition coefficient (Wildman–Crippen LogP) is 3.32. The molecule has 18 heavy (non-hydrogen) atoms. The van der Waals surface area contributed by atoms with E-state index in [1.54, 1.807) is 0 Å². The first-order valence-corrected chi connectivity index (χ1v) is 7.15. The fraction of sp³-hybridized carbons (Fsp3) is 0.625. The maximum absolute atomic E-state index is 6.17. The number of hydrogen-bond acceptors (Lipinski definition) is 2. The second-order valence-electron chi connectivity index (χ2n) is 5.56. The van der Waals surface area contributed by atoms with Gasteiger partial charge in [0.25, 0.3) is 0 Å². The van der Waals surface area contributed by atoms with Crippen LogP contribution in [-0.2, 0) is 11.2 Å². The number of benzene rings is 1. The minimum absolute atomic E-state index is 0.210. The normalized spacial score (nSPS) is 24.4. The van der Waals surface area contributed by atoms with Crippen molar-refractivity contribution >= 4 is 0 Å². The summed E-state index contributed by atoms with van der Waals surface area (Å²) in [4.78, 5) is 0. The van der Waals surface area contributed by atoms with Gasteiger partial charge in [-0.2, -0.15) is 0 Å². The van der Waals surface area contributed by atoms with Crippen LogP contribution < -0.4 is 5.32 Å². The van der Waals surface area contributed by atoms with Gasteiger partial charge in [0.2, 0.25) is 0 Å². The highest BCUT2D eigenvalue weighted by Gasteiger charge is 2.25. The highest BCUT2D eigenvalue weighted by Crippen LogP contribution is 2.24. The molecule has 1 aromatic rings. The highest BCUT2D eigenvalue weighted by molar-refractivity contribution is 5.25. The van der Waals surface area contributed by atoms with Crippen molar-refractivity contribution in [2.75, 3.05) is 13.1 Å². The van der Waals surface area contributed by atoms with Crippen molar-refractivity contribution in [3.8, 4) is 0 Å². The summed E-state index contributed by atoms with van der Waals surface area (Å²) in [6.45, 7) is 8.56. The van der Waals surface area contributed by atoms with Crippen molar-refractivity contribution in [3.63, 3.8) is 0 Å². The van der Waals surface area contributed by atoms with Crippen LogP contribution in [0.2, 0.25) is 0 Å². The third kappa shape index (κ3) is 3.33. The van der Waals surface area contributed by atoms with Crippen LogP contribution in [0, 0.1) is 5.92 Å². The van der Waals surface area contributed by atoms with Gasteiger partial charge in [-0.3, -0.25) is 0 Å². The number of ether oxygens (including phenoxy) is 1. The van der Waals surface area contributed by atoms with Gasteiger partial charge in [-0.25, -0.2) is 0 Å². The standard InChI is InChI=1S/C16H25NO/c1-4-5-13-6-8-14(9-7-13)16-11-17-10-15(18-16)12(2)3/h6-9,12,15-17H,4-5,10-11H2,1-3H3. The molecule has 1 fully saturated rings. The van der Waals surface area contributed by atoms with Crippen LogP contribution in [0.5, 0.6) is 0 Å². The number of morpholine rings is 1. The fourth-order valence-electron chi connectivity index (χ4n) is 2.44. The lowest BCUT2D eigenvalue weighted by atomic mass is 10.0. The second-order valence-corrected chi connectivity index (χ2v) is 5.56. The molecule has 1 heterocycles. The first-order chi connectivity index (χ1) is 8.70. The van der Waals surface area contributed by atoms with Crippen LogP contribution in [0.4, 0.5) is 0 Å². The Kier molecular flexibility index (Phi) is 4.79. The summed E-state index contributed by atoms with van der Waals surface area (Å²) in [6.07, 6.45) is 2.91. The number of nitrogens with one attached hydrogen (secondary N) is 1. The van der Waals surface area contributed by atoms with Crippen molar-refractivity contribution in [3.05, 3.63) is 35.4 Å². The average molecular weight is 247 g/mol. The molecule has 0 saturated carbocycles. The molecule has 1 aliphatic rings. The maximum Gasteiger partial charge on any atom is 0.0953 e. The van der Waals surface area contributed by atoms with E-state index in [1.165, 1.54) is 24.0 Å². The molecule has 2 rings (SSSR count). The Labute approximate surface area is 111 Å². The Hall–Kier alpha value is -0.860. The first kappa shape index (κ1) is 13.6. The lowest BCUT2D eigenvalue weighted by molar-refractivity contribution is -0.0603. The number of aryl methyl sites for hydroxylation is 1. The summed E-state index contributed by atoms with van der Waals surface area (Å²) >= 11 is 0. The van der Waals surface area contributed by atoms with E-state index in [1.807, 2.05) is 0 Å². The second kappa shape index (κ2) is 6.35. The zero-order chi connectivity index (χ0) is 13.0. The molecular formula is C16H25NO. The van der Waals surface area contributed by atoms with E-state index in [-0.39, 0.29) is 6.10 Å². The minimum atomic E-state index is 0.210. The molecule has 2 atom stereocenters. The van der Waals surface area contributed by atoms with Gasteiger partial charge in [-0.05, 0) is 23.5 Å². The van der Waals surface area contributed by atoms with Gasteiger partial charge in [0.1, 0.15) is 0 Å². The Bertz CT molecular complexity index is 358. The quantitative estimate of drug-likeness (QED) is 0.881. The lowest BCUT2D eigenvalue weighted by Gasteiger charge is -2.33. The van der Waals surface area contributed by atoms with Crippen molar-refractivity contribution in [1.82, 2.24) is 5.32 Å². The third-order valence-electron chi connectivity index (χ3n) is 3.65. The van der Waals surface area contributed by atoms with E-state index in [9.17, 15) is 0 Å². The van der Waals surface area contributed by atoms with E-state index < -0.39 is 0 Å². The molecule has 1 saturated heterocycles. The average Bonchev–Trinajstić information content (AvgIpc) is 2.40. The van der Waals surface area contributed by atoms with Crippen molar-refractivity contribution in [2.45, 2.75) is 45.8 Å². The van der Waals surface area contributed by atoms with Gasteiger partial charge in [-0.15, -0.1) is 0 Å². The SMILES string of the molecule is CCCc1ccc(C2CNCC(C(C)C)O2)cc1. The lowest BCUT2D eigenvalue weighted by Crippen LogP contribution is -2.43. The van der Waals surface area contributed by atoms with Crippen LogP contribution >= 0.6 is 0 Å². The smallest absolute Gasteiger partial charge is 0.0953 e. The Morgan fingerprint density at radius 3 is 2.56 bits per heavy atom. The van der Waals surface area contributed by atoms with Crippen molar-refractivity contribution < 1.29 is 4.74 Å². The van der Waals surface area contributed by atoms with Crippen LogP contribution in [0.3, 0.4) is 0 Å². The molecule has 1 aliphatic heterocycles. The maximum atomic E-state index is 6.17. The summed E-state index contributed by atoms with van der Waals surface area (Å²) in [7, 11) is 0. The molecule has 1 aromatic carbocycles. The highest BCUT2D eigenvalue weighted by atomic mass is 16.5. The van der Waals surface area contributed by atoms with Crippen LogP contribution in [0.15, 0.2) is 24.3 Å². The summed E-state index contributed by atoms with van der Waals surface area (Å²) in [5.41, 5.74) is 2.72. The van der Waals surface area contributed by atoms with Gasteiger partial charge in [-0.1, -0.05) is 51.5 Å². The molecule has 1 N–H and O–H groups in total. The van der Waals surface area contributed by atoms with Gasteiger partial charge < -0.3 is 10.1 Å². The Morgan fingerprint density at radius 2 is 1.94 bits per heavy atom. The van der Waals surface area contributed by atoms with E-state index in [2.05, 4.69) is 50.4 Å². The van der Waals surface area contributed by atoms with Crippen LogP contribution in [-0.4, -0.2) is 19.2 Å². The molecule has 0 bridgehead atoms. The fourth-order valence-corrected chi connectivity index (χ4v) is 2.44. The zero-order valence-electron chi connectivity index (χ0n) is 11.8. The van der Waals surface area contributed by atoms with Gasteiger partial charge in [0, 0.05) is 13.1 Å². The molecular weight excluding hydrogens is 222 g/mol. The summed E-state index contributed by atoms with van der Waals surface area (Å²) in [6, 6.07) is 8.92. The topological polar surface area (TPSA) is 21.3 Å². The van der Waals surface area contributed by atoms with E-state index >= 15 is 0 Å². The largest absolute Gasteiger partial charge is 0.367 e. The Morgan fingerprint density at radius 1 is 1.22 bits per heavy atom. The number of rotatable bonds is 4. The predicted molar refractivity (Wildman–Crippen MR) is 75.8 cm³/mol. The summed E-state index contributed by atoms with van der Waals surface area (Å²) < 4.78 is 6.17. The molecule has 2 nitrogen and oxygen atoms in total. The summed E-state index contributed by atoms with van der Waals surface area (Å²) in [5, 5.41) is 3.48. The third-order valence-corrected chi connectivity index (χ3v) is 3.65. The molecule has 0 spiro atoms. The molecule has 100 valence electrons. The van der Waals surface area contributed by atoms with Gasteiger partial charge in [0.05, 0.1) is 12.2 Å². The zero-order valence-corrected chi connectivity index (χ0v) is 11.8. The van der Waals surface area contributed by atoms with Crippen LogP contribution in [0.25, 0.3) is 0 Å². The van der Waals surface area contributed by atoms with Crippen molar-refractivity contribution in [2.24, 2.45) is 5.92 Å². The van der Waals surface area contributed by atoms with E-state index in [0.717, 1.165) is 13.1 Å². The van der Waals surface area contributed by atoms with Gasteiger partial charge >= 0.3 is 0 Å². The van der Waals surface area contributed by atoms with E-state index in [4.69, 9.17) is 4.74 Å². The van der Waals surface area contributed by atoms with Crippen LogP contribution in [0.1, 0.15) is 44.4 Å². The molecule has 0 amide bonds. The van der Waals surface area contributed by atoms with Gasteiger partial charge in [0.15, 0.2) is 0 Å². The molecule has 0 aliphatic carbocycles. The minimum Gasteiger partial charge on any atom is -0.367 e. The summed E-state index contributed by atoms with van der Waals surface area (Å²) in [5.74, 6) is 0.569. The van der Waals surface area contributed by atoms with E-state index in [0.29, 0.717) is 12.0 Å². The first-order valence-electron chi connectivity index (χ1n) is 7.15. The monoisotopic (exact) mass is 247 g/mol. The molecule has 2 unspecified atom stereocenters. The van der Waals surface area contributed by atoms with Crippen molar-refractivity contribution in [1.29, 1.82) is 0 Å².